The van der Waals surface area contributed by atoms with E-state index in [9.17, 15) is 4.79 Å². The summed E-state index contributed by atoms with van der Waals surface area (Å²) in [6.45, 7) is 2.05. The van der Waals surface area contributed by atoms with Crippen molar-refractivity contribution in [3.63, 3.8) is 0 Å². The van der Waals surface area contributed by atoms with E-state index in [0.717, 1.165) is 32.4 Å². The van der Waals surface area contributed by atoms with E-state index in [1.807, 2.05) is 18.2 Å². The predicted molar refractivity (Wildman–Crippen MR) is 92.8 cm³/mol. The van der Waals surface area contributed by atoms with Crippen LogP contribution in [0.25, 0.3) is 0 Å². The molecule has 0 radical (unpaired) electrons. The van der Waals surface area contributed by atoms with Gasteiger partial charge in [-0.25, -0.2) is 9.97 Å². The predicted octanol–water partition coefficient (Wildman–Crippen LogP) is 1.73. The molecule has 3 rings (SSSR count). The Labute approximate surface area is 142 Å². The van der Waals surface area contributed by atoms with Crippen LogP contribution in [0.3, 0.4) is 0 Å². The van der Waals surface area contributed by atoms with E-state index in [-0.39, 0.29) is 11.9 Å². The van der Waals surface area contributed by atoms with Gasteiger partial charge >= 0.3 is 0 Å². The Kier molecular flexibility index (Phi) is 5.38. The summed E-state index contributed by atoms with van der Waals surface area (Å²) < 4.78 is 0. The van der Waals surface area contributed by atoms with E-state index in [0.29, 0.717) is 18.2 Å². The molecule has 2 aromatic rings. The van der Waals surface area contributed by atoms with Crippen LogP contribution in [-0.4, -0.2) is 33.4 Å². The normalized spacial score (nSPS) is 18.2. The summed E-state index contributed by atoms with van der Waals surface area (Å²) in [6, 6.07) is 11.8. The Morgan fingerprint density at radius 3 is 2.88 bits per heavy atom. The average molecular weight is 325 g/mol. The number of piperidine rings is 1. The molecule has 6 nitrogen and oxygen atoms in total. The number of aromatic nitrogens is 2. The molecule has 0 bridgehead atoms. The molecule has 3 N–H and O–H groups in total. The maximum Gasteiger partial charge on any atom is 0.237 e. The monoisotopic (exact) mass is 325 g/mol. The van der Waals surface area contributed by atoms with Gasteiger partial charge in [-0.3, -0.25) is 9.69 Å². The summed E-state index contributed by atoms with van der Waals surface area (Å²) in [5.41, 5.74) is 6.88. The highest BCUT2D eigenvalue weighted by molar-refractivity contribution is 5.81. The molecule has 24 heavy (non-hydrogen) atoms. The van der Waals surface area contributed by atoms with Crippen LogP contribution in [-0.2, 0) is 17.9 Å². The molecule has 0 aliphatic carbocycles. The molecule has 1 atom stereocenters. The van der Waals surface area contributed by atoms with Crippen molar-refractivity contribution in [2.24, 2.45) is 0 Å². The van der Waals surface area contributed by atoms with E-state index < -0.39 is 0 Å². The molecule has 1 aromatic carbocycles. The van der Waals surface area contributed by atoms with Gasteiger partial charge in [0.15, 0.2) is 0 Å². The smallest absolute Gasteiger partial charge is 0.237 e. The number of carbonyl (C=O) groups excluding carboxylic acids is 1. The number of carbonyl (C=O) groups is 1. The van der Waals surface area contributed by atoms with Gasteiger partial charge in [-0.05, 0) is 31.0 Å². The molecule has 1 aliphatic heterocycles. The molecule has 0 spiro atoms. The maximum atomic E-state index is 12.6. The number of hydrogen-bond donors (Lipinski definition) is 2. The number of nitrogens with one attached hydrogen (secondary N) is 1. The van der Waals surface area contributed by atoms with Crippen LogP contribution in [0.15, 0.2) is 42.6 Å². The summed E-state index contributed by atoms with van der Waals surface area (Å²) >= 11 is 0. The van der Waals surface area contributed by atoms with Crippen molar-refractivity contribution in [2.45, 2.75) is 38.4 Å². The second kappa shape index (κ2) is 7.88. The van der Waals surface area contributed by atoms with Crippen LogP contribution in [0.4, 0.5) is 5.82 Å². The average Bonchev–Trinajstić information content (AvgIpc) is 2.61. The Morgan fingerprint density at radius 2 is 2.08 bits per heavy atom. The molecule has 1 fully saturated rings. The molecule has 0 saturated carbocycles. The molecule has 1 aromatic heterocycles. The molecular formula is C18H23N5O. The highest BCUT2D eigenvalue weighted by atomic mass is 16.2. The number of rotatable bonds is 5. The second-order valence-electron chi connectivity index (χ2n) is 6.08. The summed E-state index contributed by atoms with van der Waals surface area (Å²) in [4.78, 5) is 23.1. The minimum atomic E-state index is -0.0972. The number of likely N-dealkylation sites (tertiary alicyclic amines) is 1. The SMILES string of the molecule is Nc1ccnc(CNC(=O)[C@H]2CCCCN2Cc2ccccc2)n1. The Bertz CT molecular complexity index is 676. The van der Waals surface area contributed by atoms with Crippen LogP contribution in [0.5, 0.6) is 0 Å². The van der Waals surface area contributed by atoms with Gasteiger partial charge in [0, 0.05) is 12.7 Å². The largest absolute Gasteiger partial charge is 0.384 e. The number of amides is 1. The highest BCUT2D eigenvalue weighted by Crippen LogP contribution is 2.20. The van der Waals surface area contributed by atoms with Gasteiger partial charge in [0.2, 0.25) is 5.91 Å². The molecule has 1 saturated heterocycles. The van der Waals surface area contributed by atoms with E-state index >= 15 is 0 Å². The van der Waals surface area contributed by atoms with Crippen molar-refractivity contribution in [3.05, 3.63) is 54.0 Å². The molecule has 6 heteroatoms. The van der Waals surface area contributed by atoms with Crippen LogP contribution in [0, 0.1) is 0 Å². The fourth-order valence-electron chi connectivity index (χ4n) is 3.08. The standard InChI is InChI=1S/C18H23N5O/c19-16-9-10-20-17(22-16)12-21-18(24)15-8-4-5-11-23(15)13-14-6-2-1-3-7-14/h1-3,6-7,9-10,15H,4-5,8,11-13H2,(H,21,24)(H2,19,20,22)/t15-/m1/s1. The lowest BCUT2D eigenvalue weighted by Gasteiger charge is -2.34. The highest BCUT2D eigenvalue weighted by Gasteiger charge is 2.28. The number of hydrogen-bond acceptors (Lipinski definition) is 5. The zero-order valence-electron chi connectivity index (χ0n) is 13.7. The first-order valence-corrected chi connectivity index (χ1v) is 8.35. The lowest BCUT2D eigenvalue weighted by molar-refractivity contribution is -0.128. The summed E-state index contributed by atoms with van der Waals surface area (Å²) in [5, 5.41) is 2.95. The Morgan fingerprint density at radius 1 is 1.25 bits per heavy atom. The van der Waals surface area contributed by atoms with Gasteiger partial charge in [-0.1, -0.05) is 36.8 Å². The van der Waals surface area contributed by atoms with Gasteiger partial charge in [0.05, 0.1) is 12.6 Å². The first-order valence-electron chi connectivity index (χ1n) is 8.35. The van der Waals surface area contributed by atoms with Crippen molar-refractivity contribution in [3.8, 4) is 0 Å². The van der Waals surface area contributed by atoms with Crippen molar-refractivity contribution in [1.29, 1.82) is 0 Å². The second-order valence-corrected chi connectivity index (χ2v) is 6.08. The quantitative estimate of drug-likeness (QED) is 0.874. The maximum absolute atomic E-state index is 12.6. The lowest BCUT2D eigenvalue weighted by Crippen LogP contribution is -2.48. The van der Waals surface area contributed by atoms with Crippen LogP contribution < -0.4 is 11.1 Å². The third-order valence-electron chi connectivity index (χ3n) is 4.29. The lowest BCUT2D eigenvalue weighted by atomic mass is 10.0. The van der Waals surface area contributed by atoms with Crippen molar-refractivity contribution in [2.75, 3.05) is 12.3 Å². The molecular weight excluding hydrogens is 302 g/mol. The first kappa shape index (κ1) is 16.4. The summed E-state index contributed by atoms with van der Waals surface area (Å²) in [7, 11) is 0. The molecule has 1 aliphatic rings. The van der Waals surface area contributed by atoms with E-state index in [1.165, 1.54) is 5.56 Å². The molecule has 126 valence electrons. The van der Waals surface area contributed by atoms with Crippen LogP contribution >= 0.6 is 0 Å². The van der Waals surface area contributed by atoms with Gasteiger partial charge < -0.3 is 11.1 Å². The van der Waals surface area contributed by atoms with Gasteiger partial charge in [-0.2, -0.15) is 0 Å². The number of nitrogens with zero attached hydrogens (tertiary/aromatic N) is 3. The van der Waals surface area contributed by atoms with E-state index in [4.69, 9.17) is 5.73 Å². The minimum absolute atomic E-state index is 0.0386. The van der Waals surface area contributed by atoms with E-state index in [1.54, 1.807) is 12.3 Å². The number of nitrogen functional groups attached to an aromatic ring is 1. The first-order chi connectivity index (χ1) is 11.7. The topological polar surface area (TPSA) is 84.1 Å². The summed E-state index contributed by atoms with van der Waals surface area (Å²) in [6.07, 6.45) is 4.70. The fraction of sp³-hybridized carbons (Fsp3) is 0.389. The number of benzene rings is 1. The third-order valence-corrected chi connectivity index (χ3v) is 4.29. The van der Waals surface area contributed by atoms with Crippen LogP contribution in [0.1, 0.15) is 30.7 Å². The Hall–Kier alpha value is -2.47. The van der Waals surface area contributed by atoms with Gasteiger partial charge in [0.25, 0.3) is 0 Å². The van der Waals surface area contributed by atoms with Gasteiger partial charge in [0.1, 0.15) is 11.6 Å². The van der Waals surface area contributed by atoms with Gasteiger partial charge in [-0.15, -0.1) is 0 Å². The van der Waals surface area contributed by atoms with Crippen molar-refractivity contribution >= 4 is 11.7 Å². The van der Waals surface area contributed by atoms with E-state index in [2.05, 4.69) is 32.3 Å². The number of anilines is 1. The third kappa shape index (κ3) is 4.29. The van der Waals surface area contributed by atoms with Crippen molar-refractivity contribution < 1.29 is 4.79 Å². The van der Waals surface area contributed by atoms with Crippen molar-refractivity contribution in [1.82, 2.24) is 20.2 Å². The molecule has 1 amide bonds. The zero-order chi connectivity index (χ0) is 16.8. The van der Waals surface area contributed by atoms with Crippen LogP contribution in [0.2, 0.25) is 0 Å². The summed E-state index contributed by atoms with van der Waals surface area (Å²) in [5.74, 6) is 0.989. The zero-order valence-corrected chi connectivity index (χ0v) is 13.7. The minimum Gasteiger partial charge on any atom is -0.384 e. The molecule has 2 heterocycles. The Balaban J connectivity index is 1.60. The molecule has 0 unspecified atom stereocenters. The number of nitrogens with two attached hydrogens (primary N) is 1. The fourth-order valence-corrected chi connectivity index (χ4v) is 3.08.